The molecule has 0 bridgehead atoms. The lowest BCUT2D eigenvalue weighted by atomic mass is 9.70. The number of aryl methyl sites for hydroxylation is 2. The summed E-state index contributed by atoms with van der Waals surface area (Å²) in [6.45, 7) is 2.02. The van der Waals surface area contributed by atoms with Crippen LogP contribution in [0.3, 0.4) is 0 Å². The molecule has 1 aliphatic heterocycles. The molecule has 1 aromatic heterocycles. The van der Waals surface area contributed by atoms with E-state index >= 15 is 0 Å². The van der Waals surface area contributed by atoms with Gasteiger partial charge in [0.15, 0.2) is 6.29 Å². The Labute approximate surface area is 202 Å². The van der Waals surface area contributed by atoms with Crippen molar-refractivity contribution in [2.24, 2.45) is 13.0 Å². The van der Waals surface area contributed by atoms with E-state index in [4.69, 9.17) is 14.6 Å². The second kappa shape index (κ2) is 9.80. The molecule has 1 aliphatic carbocycles. The largest absolute Gasteiger partial charge is 0.508 e. The number of rotatable bonds is 6. The van der Waals surface area contributed by atoms with E-state index in [0.717, 1.165) is 44.5 Å². The SMILES string of the molecule is COC(OC)C1CCN(c2ccc([C@H]3c4ccc(O)cc4CC[C@H]3c3ccn(C)n3)cc2)CC1. The highest BCUT2D eigenvalue weighted by Crippen LogP contribution is 2.46. The lowest BCUT2D eigenvalue weighted by molar-refractivity contribution is -0.141. The second-order valence-electron chi connectivity index (χ2n) is 9.68. The van der Waals surface area contributed by atoms with E-state index in [2.05, 4.69) is 41.3 Å². The number of anilines is 1. The van der Waals surface area contributed by atoms with Crippen LogP contribution in [0.25, 0.3) is 0 Å². The Morgan fingerprint density at radius 1 is 0.971 bits per heavy atom. The van der Waals surface area contributed by atoms with Crippen LogP contribution in [0, 0.1) is 5.92 Å². The summed E-state index contributed by atoms with van der Waals surface area (Å²) >= 11 is 0. The van der Waals surface area contributed by atoms with E-state index in [1.165, 1.54) is 22.4 Å². The number of phenolic OH excluding ortho intramolecular Hbond substituents is 1. The topological polar surface area (TPSA) is 59.8 Å². The minimum absolute atomic E-state index is 0.112. The quantitative estimate of drug-likeness (QED) is 0.533. The van der Waals surface area contributed by atoms with Crippen molar-refractivity contribution in [1.82, 2.24) is 9.78 Å². The summed E-state index contributed by atoms with van der Waals surface area (Å²) in [7, 11) is 5.43. The van der Waals surface area contributed by atoms with Gasteiger partial charge in [-0.25, -0.2) is 0 Å². The highest BCUT2D eigenvalue weighted by atomic mass is 16.7. The summed E-state index contributed by atoms with van der Waals surface area (Å²) in [5, 5.41) is 14.8. The van der Waals surface area contributed by atoms with Crippen LogP contribution in [-0.2, 0) is 22.9 Å². The van der Waals surface area contributed by atoms with Crippen LogP contribution in [0.2, 0.25) is 0 Å². The fraction of sp³-hybridized carbons (Fsp3) is 0.464. The molecule has 180 valence electrons. The summed E-state index contributed by atoms with van der Waals surface area (Å²) in [6.07, 6.45) is 6.03. The maximum Gasteiger partial charge on any atom is 0.159 e. The second-order valence-corrected chi connectivity index (χ2v) is 9.68. The predicted molar refractivity (Wildman–Crippen MR) is 133 cm³/mol. The highest BCUT2D eigenvalue weighted by molar-refractivity contribution is 5.52. The first-order valence-corrected chi connectivity index (χ1v) is 12.3. The molecular formula is C28H35N3O3. The molecule has 2 heterocycles. The zero-order valence-corrected chi connectivity index (χ0v) is 20.4. The van der Waals surface area contributed by atoms with Crippen LogP contribution in [0.1, 0.15) is 53.5 Å². The van der Waals surface area contributed by atoms with Gasteiger partial charge in [0.2, 0.25) is 0 Å². The molecular weight excluding hydrogens is 426 g/mol. The van der Waals surface area contributed by atoms with Crippen LogP contribution in [-0.4, -0.2) is 48.5 Å². The van der Waals surface area contributed by atoms with Gasteiger partial charge in [0.05, 0.1) is 5.69 Å². The number of nitrogens with zero attached hydrogens (tertiary/aromatic N) is 3. The third-order valence-electron chi connectivity index (χ3n) is 7.71. The van der Waals surface area contributed by atoms with Crippen LogP contribution in [0.15, 0.2) is 54.7 Å². The van der Waals surface area contributed by atoms with E-state index in [1.807, 2.05) is 30.1 Å². The Balaban J connectivity index is 1.39. The summed E-state index contributed by atoms with van der Waals surface area (Å²) < 4.78 is 12.9. The Hall–Kier alpha value is -2.83. The van der Waals surface area contributed by atoms with Crippen molar-refractivity contribution in [3.05, 3.63) is 77.1 Å². The van der Waals surface area contributed by atoms with Gasteiger partial charge in [-0.3, -0.25) is 4.68 Å². The molecule has 2 aromatic carbocycles. The highest BCUT2D eigenvalue weighted by Gasteiger charge is 2.34. The Morgan fingerprint density at radius 2 is 1.71 bits per heavy atom. The number of phenols is 1. The van der Waals surface area contributed by atoms with Crippen molar-refractivity contribution >= 4 is 5.69 Å². The van der Waals surface area contributed by atoms with Gasteiger partial charge < -0.3 is 19.5 Å². The molecule has 0 radical (unpaired) electrons. The van der Waals surface area contributed by atoms with Gasteiger partial charge in [-0.05, 0) is 72.7 Å². The summed E-state index contributed by atoms with van der Waals surface area (Å²) in [4.78, 5) is 2.46. The molecule has 34 heavy (non-hydrogen) atoms. The summed E-state index contributed by atoms with van der Waals surface area (Å²) in [5.41, 5.74) is 6.26. The fourth-order valence-electron chi connectivity index (χ4n) is 5.97. The fourth-order valence-corrected chi connectivity index (χ4v) is 5.97. The summed E-state index contributed by atoms with van der Waals surface area (Å²) in [6, 6.07) is 17.1. The first-order valence-electron chi connectivity index (χ1n) is 12.3. The lowest BCUT2D eigenvalue weighted by Crippen LogP contribution is -2.39. The molecule has 2 aliphatic rings. The number of methoxy groups -OCH3 is 2. The van der Waals surface area contributed by atoms with E-state index in [9.17, 15) is 5.11 Å². The smallest absolute Gasteiger partial charge is 0.159 e. The molecule has 6 nitrogen and oxygen atoms in total. The number of benzene rings is 2. The van der Waals surface area contributed by atoms with Crippen molar-refractivity contribution in [2.75, 3.05) is 32.2 Å². The van der Waals surface area contributed by atoms with E-state index in [-0.39, 0.29) is 12.2 Å². The molecule has 5 rings (SSSR count). The zero-order valence-electron chi connectivity index (χ0n) is 20.4. The van der Waals surface area contributed by atoms with Gasteiger partial charge in [-0.1, -0.05) is 18.2 Å². The van der Waals surface area contributed by atoms with Crippen LogP contribution in [0.4, 0.5) is 5.69 Å². The number of aromatic hydroxyl groups is 1. The lowest BCUT2D eigenvalue weighted by Gasteiger charge is -2.36. The minimum atomic E-state index is -0.112. The van der Waals surface area contributed by atoms with Gasteiger partial charge in [-0.15, -0.1) is 0 Å². The van der Waals surface area contributed by atoms with Crippen molar-refractivity contribution in [3.63, 3.8) is 0 Å². The van der Waals surface area contributed by atoms with Crippen LogP contribution in [0.5, 0.6) is 5.75 Å². The monoisotopic (exact) mass is 461 g/mol. The third kappa shape index (κ3) is 4.44. The third-order valence-corrected chi connectivity index (χ3v) is 7.71. The molecule has 0 amide bonds. The van der Waals surface area contributed by atoms with Crippen molar-refractivity contribution < 1.29 is 14.6 Å². The van der Waals surface area contributed by atoms with Gasteiger partial charge in [0.1, 0.15) is 5.75 Å². The first kappa shape index (κ1) is 22.9. The number of hydrogen-bond donors (Lipinski definition) is 1. The molecule has 1 N–H and O–H groups in total. The van der Waals surface area contributed by atoms with Gasteiger partial charge in [0.25, 0.3) is 0 Å². The molecule has 1 saturated heterocycles. The van der Waals surface area contributed by atoms with Gasteiger partial charge >= 0.3 is 0 Å². The first-order chi connectivity index (χ1) is 16.6. The maximum absolute atomic E-state index is 10.1. The Bertz CT molecular complexity index is 1100. The average molecular weight is 462 g/mol. The van der Waals surface area contributed by atoms with Gasteiger partial charge in [-0.2, -0.15) is 5.10 Å². The number of fused-ring (bicyclic) bond motifs is 1. The normalized spacial score (nSPS) is 21.1. The predicted octanol–water partition coefficient (Wildman–Crippen LogP) is 4.82. The van der Waals surface area contributed by atoms with Gasteiger partial charge in [0, 0.05) is 64.0 Å². The molecule has 0 spiro atoms. The number of hydrogen-bond acceptors (Lipinski definition) is 5. The van der Waals surface area contributed by atoms with E-state index in [1.54, 1.807) is 14.2 Å². The Kier molecular flexibility index (Phi) is 6.61. The maximum atomic E-state index is 10.1. The van der Waals surface area contributed by atoms with Crippen molar-refractivity contribution in [2.45, 2.75) is 43.8 Å². The van der Waals surface area contributed by atoms with Crippen molar-refractivity contribution in [1.29, 1.82) is 0 Å². The van der Waals surface area contributed by atoms with E-state index in [0.29, 0.717) is 17.6 Å². The number of aromatic nitrogens is 2. The molecule has 0 unspecified atom stereocenters. The zero-order chi connectivity index (χ0) is 23.7. The van der Waals surface area contributed by atoms with Crippen molar-refractivity contribution in [3.8, 4) is 5.75 Å². The van der Waals surface area contributed by atoms with Crippen LogP contribution < -0.4 is 4.90 Å². The number of piperidine rings is 1. The van der Waals surface area contributed by atoms with E-state index < -0.39 is 0 Å². The average Bonchev–Trinajstić information content (AvgIpc) is 3.30. The molecule has 1 fully saturated rings. The molecule has 0 saturated carbocycles. The molecule has 2 atom stereocenters. The molecule has 3 aromatic rings. The summed E-state index contributed by atoms with van der Waals surface area (Å²) in [5.74, 6) is 1.33. The standard InChI is InChI=1S/C28H35N3O3/c1-30-15-14-26(29-30)25-10-6-21-18-23(32)9-11-24(21)27(25)19-4-7-22(8-5-19)31-16-12-20(13-17-31)28(33-2)34-3/h4-5,7-9,11,14-15,18,20,25,27-28,32H,6,10,12-13,16-17H2,1-3H3/t25-,27-/m0/s1. The minimum Gasteiger partial charge on any atom is -0.508 e. The number of ether oxygens (including phenoxy) is 2. The molecule has 6 heteroatoms. The van der Waals surface area contributed by atoms with Crippen LogP contribution >= 0.6 is 0 Å². The Morgan fingerprint density at radius 3 is 2.35 bits per heavy atom.